The second-order valence-corrected chi connectivity index (χ2v) is 6.34. The minimum Gasteiger partial charge on any atom is -0.397 e. The summed E-state index contributed by atoms with van der Waals surface area (Å²) < 4.78 is 10.8. The molecule has 1 aromatic heterocycles. The number of pyridine rings is 1. The lowest BCUT2D eigenvalue weighted by Crippen LogP contribution is -2.41. The van der Waals surface area contributed by atoms with Crippen molar-refractivity contribution in [2.75, 3.05) is 63.2 Å². The van der Waals surface area contributed by atoms with Crippen LogP contribution in [0.2, 0.25) is 0 Å². The quantitative estimate of drug-likeness (QED) is 0.633. The Balaban J connectivity index is 1.75. The van der Waals surface area contributed by atoms with E-state index in [9.17, 15) is 0 Å². The van der Waals surface area contributed by atoms with Gasteiger partial charge in [-0.3, -0.25) is 10.4 Å². The number of amidine groups is 1. The molecule has 0 bridgehead atoms. The molecule has 7 nitrogen and oxygen atoms in total. The number of aromatic nitrogens is 1. The Kier molecular flexibility index (Phi) is 4.42. The number of ether oxygens (including phenoxy) is 2. The summed E-state index contributed by atoms with van der Waals surface area (Å²) in [4.78, 5) is 8.77. The van der Waals surface area contributed by atoms with Gasteiger partial charge in [-0.15, -0.1) is 0 Å². The third-order valence-corrected chi connectivity index (χ3v) is 4.82. The summed E-state index contributed by atoms with van der Waals surface area (Å²) in [6.07, 6.45) is 1.65. The lowest BCUT2D eigenvalue weighted by molar-refractivity contribution is 0.0680. The Morgan fingerprint density at radius 3 is 2.44 bits per heavy atom. The van der Waals surface area contributed by atoms with E-state index in [2.05, 4.69) is 22.0 Å². The standard InChI is InChI=1S/C18H23N5O2/c19-15-12-21-16-2-1-13(22-3-7-24-8-4-22)11-14(16)17(15)18(20)23-5-9-25-10-6-23/h1-2,11-12,20H,3-10,19H2. The second-order valence-electron chi connectivity index (χ2n) is 6.34. The summed E-state index contributed by atoms with van der Waals surface area (Å²) in [6.45, 7) is 5.94. The fourth-order valence-electron chi connectivity index (χ4n) is 3.42. The van der Waals surface area contributed by atoms with Crippen LogP contribution >= 0.6 is 0 Å². The number of benzene rings is 1. The molecule has 2 fully saturated rings. The van der Waals surface area contributed by atoms with Gasteiger partial charge < -0.3 is 25.0 Å². The molecule has 132 valence electrons. The van der Waals surface area contributed by atoms with Crippen molar-refractivity contribution >= 4 is 28.1 Å². The van der Waals surface area contributed by atoms with Crippen molar-refractivity contribution in [3.8, 4) is 0 Å². The summed E-state index contributed by atoms with van der Waals surface area (Å²) in [6, 6.07) is 6.20. The summed E-state index contributed by atoms with van der Waals surface area (Å²) in [5.41, 5.74) is 9.52. The molecule has 0 aliphatic carbocycles. The highest BCUT2D eigenvalue weighted by Crippen LogP contribution is 2.28. The molecule has 4 rings (SSSR count). The smallest absolute Gasteiger partial charge is 0.131 e. The van der Waals surface area contributed by atoms with Gasteiger partial charge in [0, 0.05) is 37.3 Å². The summed E-state index contributed by atoms with van der Waals surface area (Å²) in [5, 5.41) is 9.62. The molecule has 2 aliphatic heterocycles. The van der Waals surface area contributed by atoms with Gasteiger partial charge in [0.05, 0.1) is 49.4 Å². The van der Waals surface area contributed by atoms with Crippen LogP contribution in [0, 0.1) is 5.41 Å². The number of anilines is 2. The lowest BCUT2D eigenvalue weighted by Gasteiger charge is -2.31. The Bertz CT molecular complexity index is 782. The van der Waals surface area contributed by atoms with E-state index in [0.29, 0.717) is 37.8 Å². The monoisotopic (exact) mass is 341 g/mol. The van der Waals surface area contributed by atoms with Crippen molar-refractivity contribution in [2.45, 2.75) is 0 Å². The van der Waals surface area contributed by atoms with Gasteiger partial charge >= 0.3 is 0 Å². The van der Waals surface area contributed by atoms with Crippen molar-refractivity contribution < 1.29 is 9.47 Å². The van der Waals surface area contributed by atoms with Gasteiger partial charge in [0.2, 0.25) is 0 Å². The van der Waals surface area contributed by atoms with Gasteiger partial charge in [0.25, 0.3) is 0 Å². The summed E-state index contributed by atoms with van der Waals surface area (Å²) in [5.74, 6) is 0.451. The van der Waals surface area contributed by atoms with E-state index in [-0.39, 0.29) is 0 Å². The maximum absolute atomic E-state index is 8.69. The van der Waals surface area contributed by atoms with Gasteiger partial charge in [-0.2, -0.15) is 0 Å². The molecule has 0 unspecified atom stereocenters. The predicted octanol–water partition coefficient (Wildman–Crippen LogP) is 1.31. The van der Waals surface area contributed by atoms with Crippen LogP contribution in [0.4, 0.5) is 11.4 Å². The van der Waals surface area contributed by atoms with Gasteiger partial charge in [-0.1, -0.05) is 0 Å². The SMILES string of the molecule is N=C(c1c(N)cnc2ccc(N3CCOCC3)cc12)N1CCOCC1. The van der Waals surface area contributed by atoms with Gasteiger partial charge in [0.15, 0.2) is 0 Å². The lowest BCUT2D eigenvalue weighted by atomic mass is 10.0. The molecular formula is C18H23N5O2. The van der Waals surface area contributed by atoms with Crippen molar-refractivity contribution in [3.05, 3.63) is 30.0 Å². The first kappa shape index (κ1) is 16.1. The van der Waals surface area contributed by atoms with Crippen LogP contribution < -0.4 is 10.6 Å². The number of hydrogen-bond acceptors (Lipinski definition) is 6. The normalized spacial score (nSPS) is 18.6. The number of hydrogen-bond donors (Lipinski definition) is 2. The molecule has 3 heterocycles. The predicted molar refractivity (Wildman–Crippen MR) is 98.4 cm³/mol. The Hall–Kier alpha value is -2.38. The van der Waals surface area contributed by atoms with Crippen LogP contribution in [0.1, 0.15) is 5.56 Å². The highest BCUT2D eigenvalue weighted by atomic mass is 16.5. The average Bonchev–Trinajstić information content (AvgIpc) is 2.68. The third kappa shape index (κ3) is 3.12. The Morgan fingerprint density at radius 2 is 1.72 bits per heavy atom. The zero-order valence-electron chi connectivity index (χ0n) is 14.2. The topological polar surface area (TPSA) is 87.7 Å². The maximum atomic E-state index is 8.69. The van der Waals surface area contributed by atoms with Crippen molar-refractivity contribution in [3.63, 3.8) is 0 Å². The first-order valence-electron chi connectivity index (χ1n) is 8.66. The molecule has 0 radical (unpaired) electrons. The van der Waals surface area contributed by atoms with E-state index in [0.717, 1.165) is 48.5 Å². The first-order valence-corrected chi connectivity index (χ1v) is 8.66. The molecular weight excluding hydrogens is 318 g/mol. The molecule has 0 amide bonds. The molecule has 2 aromatic rings. The van der Waals surface area contributed by atoms with Crippen molar-refractivity contribution in [2.24, 2.45) is 0 Å². The molecule has 2 aliphatic rings. The molecule has 0 saturated carbocycles. The van der Waals surface area contributed by atoms with E-state index in [1.165, 1.54) is 0 Å². The van der Waals surface area contributed by atoms with Crippen molar-refractivity contribution in [1.29, 1.82) is 5.41 Å². The van der Waals surface area contributed by atoms with Crippen LogP contribution in [-0.4, -0.2) is 68.3 Å². The van der Waals surface area contributed by atoms with Crippen LogP contribution in [0.15, 0.2) is 24.4 Å². The highest BCUT2D eigenvalue weighted by molar-refractivity contribution is 6.12. The van der Waals surface area contributed by atoms with Gasteiger partial charge in [-0.25, -0.2) is 0 Å². The summed E-state index contributed by atoms with van der Waals surface area (Å²) in [7, 11) is 0. The molecule has 2 saturated heterocycles. The number of nitrogens with one attached hydrogen (secondary N) is 1. The van der Waals surface area contributed by atoms with E-state index < -0.39 is 0 Å². The molecule has 25 heavy (non-hydrogen) atoms. The molecule has 3 N–H and O–H groups in total. The summed E-state index contributed by atoms with van der Waals surface area (Å²) >= 11 is 0. The number of rotatable bonds is 2. The number of nitrogen functional groups attached to an aromatic ring is 1. The minimum absolute atomic E-state index is 0.451. The average molecular weight is 341 g/mol. The number of fused-ring (bicyclic) bond motifs is 1. The third-order valence-electron chi connectivity index (χ3n) is 4.82. The van der Waals surface area contributed by atoms with Gasteiger partial charge in [0.1, 0.15) is 5.84 Å². The molecule has 0 spiro atoms. The van der Waals surface area contributed by atoms with Gasteiger partial charge in [-0.05, 0) is 18.2 Å². The van der Waals surface area contributed by atoms with Crippen LogP contribution in [0.25, 0.3) is 10.9 Å². The van der Waals surface area contributed by atoms with E-state index in [1.807, 2.05) is 11.0 Å². The largest absolute Gasteiger partial charge is 0.397 e. The zero-order valence-corrected chi connectivity index (χ0v) is 14.2. The fraction of sp³-hybridized carbons (Fsp3) is 0.444. The van der Waals surface area contributed by atoms with E-state index in [4.69, 9.17) is 20.6 Å². The number of morpholine rings is 2. The minimum atomic E-state index is 0.451. The number of nitrogens with two attached hydrogens (primary N) is 1. The van der Waals surface area contributed by atoms with Crippen LogP contribution in [-0.2, 0) is 9.47 Å². The molecule has 7 heteroatoms. The van der Waals surface area contributed by atoms with Crippen LogP contribution in [0.5, 0.6) is 0 Å². The molecule has 0 atom stereocenters. The van der Waals surface area contributed by atoms with E-state index in [1.54, 1.807) is 6.20 Å². The van der Waals surface area contributed by atoms with Crippen LogP contribution in [0.3, 0.4) is 0 Å². The second kappa shape index (κ2) is 6.85. The number of nitrogens with zero attached hydrogens (tertiary/aromatic N) is 3. The van der Waals surface area contributed by atoms with Crippen molar-refractivity contribution in [1.82, 2.24) is 9.88 Å². The highest BCUT2D eigenvalue weighted by Gasteiger charge is 2.21. The zero-order chi connectivity index (χ0) is 17.2. The first-order chi connectivity index (χ1) is 12.2. The molecule has 1 aromatic carbocycles. The maximum Gasteiger partial charge on any atom is 0.131 e. The fourth-order valence-corrected chi connectivity index (χ4v) is 3.42. The Morgan fingerprint density at radius 1 is 1.04 bits per heavy atom. The van der Waals surface area contributed by atoms with E-state index >= 15 is 0 Å². The Labute approximate surface area is 146 Å².